The molecular formula is C11H14O5S4. The van der Waals surface area contributed by atoms with E-state index in [2.05, 4.69) is 9.47 Å². The maximum absolute atomic E-state index is 11.4. The smallest absolute Gasteiger partial charge is 0.306 e. The van der Waals surface area contributed by atoms with Crippen LogP contribution >= 0.6 is 46.2 Å². The number of rotatable bonds is 8. The van der Waals surface area contributed by atoms with Crippen LogP contribution < -0.4 is 4.06 Å². The third kappa shape index (κ3) is 6.29. The summed E-state index contributed by atoms with van der Waals surface area (Å²) in [6.45, 7) is 0. The van der Waals surface area contributed by atoms with E-state index in [1.807, 2.05) is 0 Å². The van der Waals surface area contributed by atoms with E-state index < -0.39 is 0 Å². The molecule has 112 valence electrons. The van der Waals surface area contributed by atoms with Crippen molar-refractivity contribution in [2.45, 2.75) is 21.3 Å². The quantitative estimate of drug-likeness (QED) is 0.525. The van der Waals surface area contributed by atoms with Crippen molar-refractivity contribution in [1.82, 2.24) is 0 Å². The fraction of sp³-hybridized carbons (Fsp3) is 0.545. The molecule has 0 aromatic carbocycles. The minimum Gasteiger partial charge on any atom is -0.469 e. The van der Waals surface area contributed by atoms with Gasteiger partial charge in [0.15, 0.2) is 0 Å². The van der Waals surface area contributed by atoms with E-state index in [1.165, 1.54) is 60.4 Å². The molecule has 0 saturated carbocycles. The molecule has 20 heavy (non-hydrogen) atoms. The van der Waals surface area contributed by atoms with Crippen molar-refractivity contribution >= 4 is 58.1 Å². The van der Waals surface area contributed by atoms with Gasteiger partial charge in [0.05, 0.1) is 35.5 Å². The summed E-state index contributed by atoms with van der Waals surface area (Å²) < 4.78 is 10.9. The summed E-state index contributed by atoms with van der Waals surface area (Å²) in [6, 6.07) is 0. The van der Waals surface area contributed by atoms with E-state index in [0.717, 1.165) is 8.42 Å². The minimum absolute atomic E-state index is 0.0196. The molecule has 1 rings (SSSR count). The van der Waals surface area contributed by atoms with Crippen LogP contribution in [-0.4, -0.2) is 37.7 Å². The highest BCUT2D eigenvalue weighted by Gasteiger charge is 2.12. The number of hydrogen-bond acceptors (Lipinski definition) is 9. The Hall–Kier alpha value is -0.510. The molecule has 9 heteroatoms. The summed E-state index contributed by atoms with van der Waals surface area (Å²) in [4.78, 5) is 33.5. The van der Waals surface area contributed by atoms with Crippen LogP contribution in [0.2, 0.25) is 0 Å². The second kappa shape index (κ2) is 9.43. The average molecular weight is 354 g/mol. The molecule has 0 aliphatic heterocycles. The summed E-state index contributed by atoms with van der Waals surface area (Å²) in [5.41, 5.74) is 0. The summed E-state index contributed by atoms with van der Waals surface area (Å²) >= 11 is 5.28. The first kappa shape index (κ1) is 17.5. The third-order valence-electron chi connectivity index (χ3n) is 2.05. The largest absolute Gasteiger partial charge is 0.469 e. The number of carbonyl (C=O) groups is 2. The van der Waals surface area contributed by atoms with Gasteiger partial charge in [-0.1, -0.05) is 22.7 Å². The standard InChI is InChI=1S/C11H14O5S4/c1-15-7(12)3-5-17-9-10(20-11(14)19-9)18-6-4-8(13)16-2/h3-6H2,1-2H3. The van der Waals surface area contributed by atoms with Gasteiger partial charge in [-0.05, 0) is 0 Å². The number of methoxy groups -OCH3 is 2. The second-order valence-electron chi connectivity index (χ2n) is 3.38. The van der Waals surface area contributed by atoms with Crippen LogP contribution in [0, 0.1) is 0 Å². The number of thioether (sulfide) groups is 2. The lowest BCUT2D eigenvalue weighted by molar-refractivity contribution is -0.141. The fourth-order valence-corrected chi connectivity index (χ4v) is 6.32. The van der Waals surface area contributed by atoms with Crippen molar-refractivity contribution in [3.63, 3.8) is 0 Å². The molecule has 0 aliphatic carbocycles. The van der Waals surface area contributed by atoms with E-state index in [1.54, 1.807) is 0 Å². The Morgan fingerprint density at radius 1 is 0.950 bits per heavy atom. The van der Waals surface area contributed by atoms with Gasteiger partial charge in [-0.3, -0.25) is 14.4 Å². The Morgan fingerprint density at radius 2 is 1.35 bits per heavy atom. The summed E-state index contributed by atoms with van der Waals surface area (Å²) in [5.74, 6) is 0.619. The van der Waals surface area contributed by atoms with E-state index in [0.29, 0.717) is 24.3 Å². The summed E-state index contributed by atoms with van der Waals surface area (Å²) in [5, 5.41) is 0. The lowest BCUT2D eigenvalue weighted by Crippen LogP contribution is -2.01. The zero-order chi connectivity index (χ0) is 15.0. The van der Waals surface area contributed by atoms with Crippen molar-refractivity contribution in [2.75, 3.05) is 25.7 Å². The van der Waals surface area contributed by atoms with Crippen molar-refractivity contribution in [1.29, 1.82) is 0 Å². The Morgan fingerprint density at radius 3 is 1.70 bits per heavy atom. The van der Waals surface area contributed by atoms with Gasteiger partial charge in [0, 0.05) is 11.5 Å². The molecule has 0 bridgehead atoms. The van der Waals surface area contributed by atoms with Gasteiger partial charge < -0.3 is 9.47 Å². The normalized spacial score (nSPS) is 10.3. The molecule has 0 aliphatic rings. The van der Waals surface area contributed by atoms with Gasteiger partial charge in [0.1, 0.15) is 0 Å². The lowest BCUT2D eigenvalue weighted by atomic mass is 10.5. The van der Waals surface area contributed by atoms with Gasteiger partial charge in [0.2, 0.25) is 0 Å². The molecule has 0 fully saturated rings. The Labute approximate surface area is 133 Å². The summed E-state index contributed by atoms with van der Waals surface area (Å²) in [6.07, 6.45) is 0.619. The Balaban J connectivity index is 2.48. The van der Waals surface area contributed by atoms with Crippen LogP contribution in [0.15, 0.2) is 13.2 Å². The second-order valence-corrected chi connectivity index (χ2v) is 8.33. The molecule has 0 amide bonds. The van der Waals surface area contributed by atoms with Crippen LogP contribution in [0.3, 0.4) is 0 Å². The molecule has 0 radical (unpaired) electrons. The molecule has 0 unspecified atom stereocenters. The first-order chi connectivity index (χ1) is 9.56. The highest BCUT2D eigenvalue weighted by Crippen LogP contribution is 2.37. The summed E-state index contributed by atoms with van der Waals surface area (Å²) in [7, 11) is 2.70. The number of esters is 2. The van der Waals surface area contributed by atoms with Crippen molar-refractivity contribution < 1.29 is 19.1 Å². The van der Waals surface area contributed by atoms with Crippen molar-refractivity contribution in [3.8, 4) is 0 Å². The predicted octanol–water partition coefficient (Wildman–Crippen LogP) is 2.48. The molecule has 1 heterocycles. The maximum Gasteiger partial charge on any atom is 0.306 e. The third-order valence-corrected chi connectivity index (χ3v) is 7.14. The van der Waals surface area contributed by atoms with Gasteiger partial charge in [-0.2, -0.15) is 0 Å². The van der Waals surface area contributed by atoms with Gasteiger partial charge in [-0.15, -0.1) is 23.5 Å². The predicted molar refractivity (Wildman–Crippen MR) is 83.2 cm³/mol. The SMILES string of the molecule is COC(=O)CCSc1sc(=O)sc1SCCC(=O)OC. The first-order valence-electron chi connectivity index (χ1n) is 5.60. The van der Waals surface area contributed by atoms with Crippen LogP contribution in [0.25, 0.3) is 0 Å². The molecule has 0 spiro atoms. The number of hydrogen-bond donors (Lipinski definition) is 0. The fourth-order valence-electron chi connectivity index (χ4n) is 1.09. The molecule has 0 saturated heterocycles. The highest BCUT2D eigenvalue weighted by atomic mass is 32.2. The number of carbonyl (C=O) groups excluding carboxylic acids is 2. The van der Waals surface area contributed by atoms with E-state index in [9.17, 15) is 14.4 Å². The Kier molecular flexibility index (Phi) is 8.27. The van der Waals surface area contributed by atoms with E-state index >= 15 is 0 Å². The number of ether oxygens (including phenoxy) is 2. The van der Waals surface area contributed by atoms with Crippen LogP contribution in [0.5, 0.6) is 0 Å². The van der Waals surface area contributed by atoms with Gasteiger partial charge in [-0.25, -0.2) is 0 Å². The Bertz CT molecular complexity index is 465. The van der Waals surface area contributed by atoms with Crippen LogP contribution in [0.4, 0.5) is 0 Å². The zero-order valence-corrected chi connectivity index (χ0v) is 14.3. The molecule has 0 N–H and O–H groups in total. The monoisotopic (exact) mass is 354 g/mol. The highest BCUT2D eigenvalue weighted by molar-refractivity contribution is 8.04. The molecular weight excluding hydrogens is 340 g/mol. The molecule has 5 nitrogen and oxygen atoms in total. The first-order valence-corrected chi connectivity index (χ1v) is 9.20. The maximum atomic E-state index is 11.4. The minimum atomic E-state index is -0.264. The van der Waals surface area contributed by atoms with Crippen LogP contribution in [0.1, 0.15) is 12.8 Å². The van der Waals surface area contributed by atoms with Gasteiger partial charge in [0.25, 0.3) is 4.06 Å². The zero-order valence-electron chi connectivity index (χ0n) is 11.0. The average Bonchev–Trinajstić information content (AvgIpc) is 2.78. The van der Waals surface area contributed by atoms with E-state index in [4.69, 9.17) is 0 Å². The van der Waals surface area contributed by atoms with Crippen molar-refractivity contribution in [2.24, 2.45) is 0 Å². The van der Waals surface area contributed by atoms with Gasteiger partial charge >= 0.3 is 11.9 Å². The molecule has 1 aromatic heterocycles. The lowest BCUT2D eigenvalue weighted by Gasteiger charge is -2.02. The van der Waals surface area contributed by atoms with Crippen LogP contribution in [-0.2, 0) is 19.1 Å². The van der Waals surface area contributed by atoms with Crippen molar-refractivity contribution in [3.05, 3.63) is 8.85 Å². The van der Waals surface area contributed by atoms with E-state index in [-0.39, 0.29) is 16.0 Å². The topological polar surface area (TPSA) is 69.7 Å². The molecule has 1 aromatic rings. The molecule has 0 atom stereocenters.